The Labute approximate surface area is 92.7 Å². The largest absolute Gasteiger partial charge is 0.387 e. The van der Waals surface area contributed by atoms with Gasteiger partial charge in [-0.2, -0.15) is 0 Å². The van der Waals surface area contributed by atoms with Crippen LogP contribution >= 0.6 is 0 Å². The van der Waals surface area contributed by atoms with Crippen LogP contribution in [-0.2, 0) is 0 Å². The van der Waals surface area contributed by atoms with Crippen molar-refractivity contribution in [1.82, 2.24) is 4.90 Å². The highest BCUT2D eigenvalue weighted by Crippen LogP contribution is 2.04. The summed E-state index contributed by atoms with van der Waals surface area (Å²) in [4.78, 5) is 6.44. The van der Waals surface area contributed by atoms with Gasteiger partial charge in [0.2, 0.25) is 0 Å². The van der Waals surface area contributed by atoms with E-state index in [1.54, 1.807) is 0 Å². The van der Waals surface area contributed by atoms with Gasteiger partial charge in [-0.25, -0.2) is 0 Å². The Morgan fingerprint density at radius 1 is 1.13 bits per heavy atom. The molecule has 0 aromatic carbocycles. The minimum Gasteiger partial charge on any atom is -0.387 e. The second kappa shape index (κ2) is 7.65. The number of rotatable bonds is 2. The normalized spacial score (nSPS) is 21.8. The molecule has 4 heteroatoms. The van der Waals surface area contributed by atoms with Crippen molar-refractivity contribution in [3.8, 4) is 0 Å². The third kappa shape index (κ3) is 5.74. The number of hydrogen-bond acceptors (Lipinski definition) is 4. The average molecular weight is 212 g/mol. The molecule has 2 rings (SSSR count). The lowest BCUT2D eigenvalue weighted by atomic mass is 10.2. The summed E-state index contributed by atoms with van der Waals surface area (Å²) in [7, 11) is 0. The summed E-state index contributed by atoms with van der Waals surface area (Å²) in [5.41, 5.74) is 10.8. The molecular formula is C11H24N4. The van der Waals surface area contributed by atoms with Crippen LogP contribution in [0.15, 0.2) is 4.99 Å². The molecule has 1 fully saturated rings. The van der Waals surface area contributed by atoms with E-state index < -0.39 is 0 Å². The maximum atomic E-state index is 5.38. The van der Waals surface area contributed by atoms with Crippen LogP contribution in [-0.4, -0.2) is 43.5 Å². The zero-order valence-corrected chi connectivity index (χ0v) is 9.62. The highest BCUT2D eigenvalue weighted by molar-refractivity contribution is 5.80. The minimum atomic E-state index is 0.819. The molecule has 88 valence electrons. The molecular weight excluding hydrogens is 188 g/mol. The van der Waals surface area contributed by atoms with Crippen LogP contribution in [0.5, 0.6) is 0 Å². The molecule has 15 heavy (non-hydrogen) atoms. The predicted molar refractivity (Wildman–Crippen MR) is 65.1 cm³/mol. The van der Waals surface area contributed by atoms with E-state index in [9.17, 15) is 0 Å². The Bertz CT molecular complexity index is 185. The molecule has 0 amide bonds. The first-order valence-electron chi connectivity index (χ1n) is 6.04. The van der Waals surface area contributed by atoms with E-state index in [-0.39, 0.29) is 0 Å². The maximum Gasteiger partial charge on any atom is 0.0937 e. The van der Waals surface area contributed by atoms with Gasteiger partial charge in [-0.05, 0) is 38.8 Å². The second-order valence-corrected chi connectivity index (χ2v) is 4.17. The summed E-state index contributed by atoms with van der Waals surface area (Å²) >= 11 is 0. The maximum absolute atomic E-state index is 5.38. The zero-order valence-electron chi connectivity index (χ0n) is 9.62. The highest BCUT2D eigenvalue weighted by Gasteiger charge is 2.08. The third-order valence-corrected chi connectivity index (χ3v) is 2.80. The molecule has 0 unspecified atom stereocenters. The number of amidine groups is 1. The van der Waals surface area contributed by atoms with Crippen LogP contribution < -0.4 is 11.5 Å². The molecule has 4 nitrogen and oxygen atoms in total. The molecule has 0 radical (unpaired) electrons. The van der Waals surface area contributed by atoms with Gasteiger partial charge < -0.3 is 16.4 Å². The monoisotopic (exact) mass is 212 g/mol. The first-order chi connectivity index (χ1) is 7.33. The van der Waals surface area contributed by atoms with Crippen LogP contribution in [0.4, 0.5) is 0 Å². The van der Waals surface area contributed by atoms with Gasteiger partial charge in [0.15, 0.2) is 0 Å². The lowest BCUT2D eigenvalue weighted by Crippen LogP contribution is -2.26. The molecule has 4 N–H and O–H groups in total. The number of hydrogen-bond donors (Lipinski definition) is 2. The fraction of sp³-hybridized carbons (Fsp3) is 0.909. The van der Waals surface area contributed by atoms with Gasteiger partial charge >= 0.3 is 0 Å². The molecule has 0 aromatic heterocycles. The molecule has 0 spiro atoms. The van der Waals surface area contributed by atoms with Gasteiger partial charge in [0.1, 0.15) is 0 Å². The van der Waals surface area contributed by atoms with E-state index in [1.165, 1.54) is 38.8 Å². The Balaban J connectivity index is 0.000000151. The number of likely N-dealkylation sites (tertiary alicyclic amines) is 1. The standard InChI is InChI=1S/C6H14N2.C5H10N2/c7-3-6-8-4-1-2-5-8;6-5-3-1-2-4-7-5/h1-7H2;1-4H2,(H2,6,7). The van der Waals surface area contributed by atoms with Crippen LogP contribution in [0.3, 0.4) is 0 Å². The Hall–Kier alpha value is -0.610. The molecule has 2 aliphatic heterocycles. The van der Waals surface area contributed by atoms with Gasteiger partial charge in [0, 0.05) is 26.1 Å². The van der Waals surface area contributed by atoms with Crippen molar-refractivity contribution in [2.45, 2.75) is 32.1 Å². The molecule has 0 aromatic rings. The van der Waals surface area contributed by atoms with Crippen LogP contribution in [0.25, 0.3) is 0 Å². The number of nitrogens with two attached hydrogens (primary N) is 2. The van der Waals surface area contributed by atoms with Gasteiger partial charge in [-0.3, -0.25) is 4.99 Å². The minimum absolute atomic E-state index is 0.819. The van der Waals surface area contributed by atoms with Crippen molar-refractivity contribution in [2.75, 3.05) is 32.7 Å². The van der Waals surface area contributed by atoms with Crippen molar-refractivity contribution in [3.63, 3.8) is 0 Å². The SMILES string of the molecule is NC1=NCCCC1.NCCN1CCCC1. The Morgan fingerprint density at radius 2 is 1.87 bits per heavy atom. The Kier molecular flexibility index (Phi) is 6.36. The van der Waals surface area contributed by atoms with Crippen LogP contribution in [0, 0.1) is 0 Å². The topological polar surface area (TPSA) is 67.6 Å². The average Bonchev–Trinajstić information content (AvgIpc) is 2.73. The summed E-state index contributed by atoms with van der Waals surface area (Å²) in [6.07, 6.45) is 6.22. The van der Waals surface area contributed by atoms with E-state index in [0.717, 1.165) is 31.9 Å². The molecule has 2 aliphatic rings. The molecule has 1 saturated heterocycles. The summed E-state index contributed by atoms with van der Waals surface area (Å²) in [5.74, 6) is 0.839. The van der Waals surface area contributed by atoms with Crippen molar-refractivity contribution >= 4 is 5.84 Å². The molecule has 2 heterocycles. The Morgan fingerprint density at radius 3 is 2.27 bits per heavy atom. The third-order valence-electron chi connectivity index (χ3n) is 2.80. The van der Waals surface area contributed by atoms with Gasteiger partial charge in [0.05, 0.1) is 5.84 Å². The van der Waals surface area contributed by atoms with Crippen molar-refractivity contribution in [1.29, 1.82) is 0 Å². The summed E-state index contributed by atoms with van der Waals surface area (Å²) in [6.45, 7) is 5.42. The lowest BCUT2D eigenvalue weighted by molar-refractivity contribution is 0.349. The summed E-state index contributed by atoms with van der Waals surface area (Å²) in [6, 6.07) is 0. The molecule has 0 saturated carbocycles. The second-order valence-electron chi connectivity index (χ2n) is 4.17. The van der Waals surface area contributed by atoms with Gasteiger partial charge in [-0.15, -0.1) is 0 Å². The van der Waals surface area contributed by atoms with Crippen LogP contribution in [0.2, 0.25) is 0 Å². The fourth-order valence-electron chi connectivity index (χ4n) is 1.91. The first kappa shape index (κ1) is 12.5. The first-order valence-corrected chi connectivity index (χ1v) is 6.04. The zero-order chi connectivity index (χ0) is 10.9. The smallest absolute Gasteiger partial charge is 0.0937 e. The van der Waals surface area contributed by atoms with Crippen LogP contribution in [0.1, 0.15) is 32.1 Å². The van der Waals surface area contributed by atoms with Crippen molar-refractivity contribution in [2.24, 2.45) is 16.5 Å². The van der Waals surface area contributed by atoms with Gasteiger partial charge in [0.25, 0.3) is 0 Å². The lowest BCUT2D eigenvalue weighted by Gasteiger charge is -2.11. The van der Waals surface area contributed by atoms with E-state index in [1.807, 2.05) is 0 Å². The molecule has 0 bridgehead atoms. The van der Waals surface area contributed by atoms with E-state index in [2.05, 4.69) is 9.89 Å². The molecule has 0 aliphatic carbocycles. The number of nitrogens with zero attached hydrogens (tertiary/aromatic N) is 2. The summed E-state index contributed by atoms with van der Waals surface area (Å²) < 4.78 is 0. The predicted octanol–water partition coefficient (Wildman–Crippen LogP) is 0.568. The van der Waals surface area contributed by atoms with Crippen molar-refractivity contribution in [3.05, 3.63) is 0 Å². The quantitative estimate of drug-likeness (QED) is 0.703. The molecule has 0 atom stereocenters. The number of aliphatic imine (C=N–C) groups is 1. The van der Waals surface area contributed by atoms with E-state index in [0.29, 0.717) is 0 Å². The summed E-state index contributed by atoms with van der Waals surface area (Å²) in [5, 5.41) is 0. The van der Waals surface area contributed by atoms with Gasteiger partial charge in [-0.1, -0.05) is 0 Å². The van der Waals surface area contributed by atoms with E-state index >= 15 is 0 Å². The highest BCUT2D eigenvalue weighted by atomic mass is 15.1. The van der Waals surface area contributed by atoms with Crippen molar-refractivity contribution < 1.29 is 0 Å². The fourth-order valence-corrected chi connectivity index (χ4v) is 1.91. The van der Waals surface area contributed by atoms with E-state index in [4.69, 9.17) is 11.5 Å².